The lowest BCUT2D eigenvalue weighted by Gasteiger charge is -2.38. The van der Waals surface area contributed by atoms with Crippen LogP contribution < -0.4 is 4.90 Å². The lowest BCUT2D eigenvalue weighted by atomic mass is 9.84. The van der Waals surface area contributed by atoms with Gasteiger partial charge in [0.25, 0.3) is 0 Å². The Morgan fingerprint density at radius 2 is 1.84 bits per heavy atom. The van der Waals surface area contributed by atoms with Crippen molar-refractivity contribution in [2.75, 3.05) is 37.6 Å². The standard InChI is InChI=1S/C19H25N3O3/c23-17-12-21(19(25)14-5-4-6-14)11-16(17)20-9-10-22(18(24)13-20)15-7-2-1-3-8-15/h1-3,7-8,14,16-17,23H,4-6,9-13H2/t16-,17-/m1/s1. The highest BCUT2D eigenvalue weighted by molar-refractivity contribution is 5.95. The zero-order valence-corrected chi connectivity index (χ0v) is 14.4. The molecule has 2 saturated heterocycles. The molecule has 1 N–H and O–H groups in total. The number of likely N-dealkylation sites (tertiary alicyclic amines) is 1. The summed E-state index contributed by atoms with van der Waals surface area (Å²) >= 11 is 0. The summed E-state index contributed by atoms with van der Waals surface area (Å²) in [7, 11) is 0. The molecular formula is C19H25N3O3. The highest BCUT2D eigenvalue weighted by atomic mass is 16.3. The van der Waals surface area contributed by atoms with Gasteiger partial charge >= 0.3 is 0 Å². The number of carbonyl (C=O) groups is 2. The first-order valence-corrected chi connectivity index (χ1v) is 9.20. The smallest absolute Gasteiger partial charge is 0.241 e. The molecule has 2 aliphatic heterocycles. The van der Waals surface area contributed by atoms with E-state index in [4.69, 9.17) is 0 Å². The first-order chi connectivity index (χ1) is 12.1. The van der Waals surface area contributed by atoms with E-state index < -0.39 is 6.10 Å². The Labute approximate surface area is 148 Å². The Balaban J connectivity index is 1.38. The average Bonchev–Trinajstić information content (AvgIpc) is 2.96. The van der Waals surface area contributed by atoms with Crippen LogP contribution in [0.3, 0.4) is 0 Å². The topological polar surface area (TPSA) is 64.1 Å². The van der Waals surface area contributed by atoms with Crippen LogP contribution in [0.15, 0.2) is 30.3 Å². The second-order valence-corrected chi connectivity index (χ2v) is 7.36. The molecule has 1 aromatic carbocycles. The zero-order chi connectivity index (χ0) is 17.4. The average molecular weight is 343 g/mol. The Kier molecular flexibility index (Phi) is 4.48. The largest absolute Gasteiger partial charge is 0.390 e. The molecule has 134 valence electrons. The zero-order valence-electron chi connectivity index (χ0n) is 14.4. The molecule has 0 bridgehead atoms. The van der Waals surface area contributed by atoms with Crippen LogP contribution in [0.2, 0.25) is 0 Å². The maximum absolute atomic E-state index is 12.6. The van der Waals surface area contributed by atoms with Gasteiger partial charge in [0.2, 0.25) is 11.8 Å². The van der Waals surface area contributed by atoms with Crippen LogP contribution in [0.5, 0.6) is 0 Å². The number of anilines is 1. The minimum absolute atomic E-state index is 0.0495. The third-order valence-corrected chi connectivity index (χ3v) is 5.81. The van der Waals surface area contributed by atoms with Gasteiger partial charge in [-0.25, -0.2) is 0 Å². The lowest BCUT2D eigenvalue weighted by molar-refractivity contribution is -0.137. The second-order valence-electron chi connectivity index (χ2n) is 7.36. The summed E-state index contributed by atoms with van der Waals surface area (Å²) in [6.45, 7) is 2.56. The van der Waals surface area contributed by atoms with E-state index in [2.05, 4.69) is 0 Å². The van der Waals surface area contributed by atoms with E-state index in [1.807, 2.05) is 35.2 Å². The van der Waals surface area contributed by atoms with Crippen LogP contribution in [-0.4, -0.2) is 71.6 Å². The fourth-order valence-electron chi connectivity index (χ4n) is 4.08. The second kappa shape index (κ2) is 6.77. The van der Waals surface area contributed by atoms with E-state index in [-0.39, 0.29) is 23.8 Å². The third-order valence-electron chi connectivity index (χ3n) is 5.81. The molecule has 25 heavy (non-hydrogen) atoms. The van der Waals surface area contributed by atoms with Crippen LogP contribution in [0, 0.1) is 5.92 Å². The number of aliphatic hydroxyl groups is 1. The van der Waals surface area contributed by atoms with Gasteiger partial charge in [-0.1, -0.05) is 24.6 Å². The minimum atomic E-state index is -0.569. The number of hydrogen-bond donors (Lipinski definition) is 1. The minimum Gasteiger partial charge on any atom is -0.390 e. The molecule has 6 heteroatoms. The monoisotopic (exact) mass is 343 g/mol. The summed E-state index contributed by atoms with van der Waals surface area (Å²) in [6.07, 6.45) is 2.51. The molecule has 3 aliphatic rings. The number of nitrogens with zero attached hydrogens (tertiary/aromatic N) is 3. The highest BCUT2D eigenvalue weighted by Crippen LogP contribution is 2.30. The predicted molar refractivity (Wildman–Crippen MR) is 94.1 cm³/mol. The van der Waals surface area contributed by atoms with Crippen molar-refractivity contribution in [2.45, 2.75) is 31.4 Å². The van der Waals surface area contributed by atoms with Crippen LogP contribution in [-0.2, 0) is 9.59 Å². The van der Waals surface area contributed by atoms with E-state index in [9.17, 15) is 14.7 Å². The van der Waals surface area contributed by atoms with Gasteiger partial charge in [0.15, 0.2) is 0 Å². The molecule has 0 radical (unpaired) electrons. The lowest BCUT2D eigenvalue weighted by Crippen LogP contribution is -2.56. The first-order valence-electron chi connectivity index (χ1n) is 9.20. The number of benzene rings is 1. The number of β-amino-alcohol motifs (C(OH)–C–C–N with tert-alkyl or cyclic N) is 1. The quantitative estimate of drug-likeness (QED) is 0.878. The summed E-state index contributed by atoms with van der Waals surface area (Å²) in [5, 5.41) is 10.4. The van der Waals surface area contributed by atoms with Crippen molar-refractivity contribution < 1.29 is 14.7 Å². The summed E-state index contributed by atoms with van der Waals surface area (Å²) < 4.78 is 0. The van der Waals surface area contributed by atoms with Crippen molar-refractivity contribution in [3.8, 4) is 0 Å². The van der Waals surface area contributed by atoms with Crippen LogP contribution >= 0.6 is 0 Å². The van der Waals surface area contributed by atoms with Gasteiger partial charge in [-0.15, -0.1) is 0 Å². The predicted octanol–water partition coefficient (Wildman–Crippen LogP) is 0.707. The molecule has 0 unspecified atom stereocenters. The van der Waals surface area contributed by atoms with Crippen molar-refractivity contribution in [2.24, 2.45) is 5.92 Å². The number of carbonyl (C=O) groups excluding carboxylic acids is 2. The van der Waals surface area contributed by atoms with Crippen LogP contribution in [0.25, 0.3) is 0 Å². The van der Waals surface area contributed by atoms with Crippen molar-refractivity contribution in [1.29, 1.82) is 0 Å². The molecule has 0 spiro atoms. The fourth-order valence-corrected chi connectivity index (χ4v) is 4.08. The molecule has 2 atom stereocenters. The molecule has 4 rings (SSSR count). The van der Waals surface area contributed by atoms with E-state index in [0.29, 0.717) is 32.7 Å². The maximum Gasteiger partial charge on any atom is 0.241 e. The summed E-state index contributed by atoms with van der Waals surface area (Å²) in [5.41, 5.74) is 0.918. The van der Waals surface area contributed by atoms with Crippen molar-refractivity contribution in [3.05, 3.63) is 30.3 Å². The van der Waals surface area contributed by atoms with Gasteiger partial charge in [-0.2, -0.15) is 0 Å². The SMILES string of the molecule is O=C(C1CCC1)N1C[C@@H](O)[C@H](N2CCN(c3ccccc3)C(=O)C2)C1. The molecule has 6 nitrogen and oxygen atoms in total. The Bertz CT molecular complexity index is 647. The number of rotatable bonds is 3. The van der Waals surface area contributed by atoms with E-state index >= 15 is 0 Å². The maximum atomic E-state index is 12.6. The highest BCUT2D eigenvalue weighted by Gasteiger charge is 2.42. The van der Waals surface area contributed by atoms with Crippen molar-refractivity contribution >= 4 is 17.5 Å². The molecule has 2 heterocycles. The van der Waals surface area contributed by atoms with E-state index in [1.165, 1.54) is 0 Å². The molecule has 2 amide bonds. The summed E-state index contributed by atoms with van der Waals surface area (Å²) in [4.78, 5) is 30.6. The number of aliphatic hydroxyl groups excluding tert-OH is 1. The fraction of sp³-hybridized carbons (Fsp3) is 0.579. The summed E-state index contributed by atoms with van der Waals surface area (Å²) in [5.74, 6) is 0.387. The van der Waals surface area contributed by atoms with Crippen LogP contribution in [0.4, 0.5) is 5.69 Å². The Morgan fingerprint density at radius 3 is 2.48 bits per heavy atom. The van der Waals surface area contributed by atoms with Gasteiger partial charge in [0, 0.05) is 37.8 Å². The summed E-state index contributed by atoms with van der Waals surface area (Å²) in [6, 6.07) is 9.55. The molecule has 1 saturated carbocycles. The van der Waals surface area contributed by atoms with E-state index in [1.54, 1.807) is 9.80 Å². The number of piperazine rings is 1. The third kappa shape index (κ3) is 3.16. The van der Waals surface area contributed by atoms with Gasteiger partial charge in [-0.3, -0.25) is 14.5 Å². The van der Waals surface area contributed by atoms with Crippen molar-refractivity contribution in [1.82, 2.24) is 9.80 Å². The van der Waals surface area contributed by atoms with Gasteiger partial charge in [0.05, 0.1) is 18.7 Å². The Morgan fingerprint density at radius 1 is 1.08 bits per heavy atom. The van der Waals surface area contributed by atoms with Crippen molar-refractivity contribution in [3.63, 3.8) is 0 Å². The van der Waals surface area contributed by atoms with E-state index in [0.717, 1.165) is 24.9 Å². The van der Waals surface area contributed by atoms with Gasteiger partial charge in [0.1, 0.15) is 0 Å². The number of hydrogen-bond acceptors (Lipinski definition) is 4. The van der Waals surface area contributed by atoms with Crippen LogP contribution in [0.1, 0.15) is 19.3 Å². The molecule has 1 aliphatic carbocycles. The number of para-hydroxylation sites is 1. The Hall–Kier alpha value is -1.92. The molecule has 3 fully saturated rings. The molecule has 0 aromatic heterocycles. The van der Waals surface area contributed by atoms with Gasteiger partial charge < -0.3 is 14.9 Å². The molecule has 1 aromatic rings. The molecular weight excluding hydrogens is 318 g/mol. The van der Waals surface area contributed by atoms with Gasteiger partial charge in [-0.05, 0) is 25.0 Å². The normalized spacial score (nSPS) is 28.3. The first kappa shape index (κ1) is 16.5. The number of amides is 2.